The van der Waals surface area contributed by atoms with Crippen LogP contribution in [-0.4, -0.2) is 13.1 Å². The Bertz CT molecular complexity index is 26.1. The van der Waals surface area contributed by atoms with Gasteiger partial charge in [0.2, 0.25) is 0 Å². The molecule has 0 heterocycles. The van der Waals surface area contributed by atoms with Gasteiger partial charge < -0.3 is 5.73 Å². The highest BCUT2D eigenvalue weighted by molar-refractivity contribution is 4.38. The van der Waals surface area contributed by atoms with Gasteiger partial charge >= 0.3 is 0 Å². The lowest BCUT2D eigenvalue weighted by Crippen LogP contribution is -2.38. The van der Waals surface area contributed by atoms with Crippen molar-refractivity contribution in [1.82, 2.24) is 11.0 Å². The summed E-state index contributed by atoms with van der Waals surface area (Å²) in [6, 6.07) is 0. The van der Waals surface area contributed by atoms with E-state index in [0.717, 1.165) is 13.0 Å². The van der Waals surface area contributed by atoms with E-state index >= 15 is 0 Å². The van der Waals surface area contributed by atoms with Crippen LogP contribution in [0.25, 0.3) is 0 Å². The number of rotatable bonds is 4. The maximum absolute atomic E-state index is 5.16. The predicted molar refractivity (Wildman–Crippen MR) is 29.0 cm³/mol. The SMILES string of the molecule is NCCCNNN. The molecule has 0 radical (unpaired) electrons. The molecule has 0 atom stereocenters. The van der Waals surface area contributed by atoms with E-state index in [1.807, 2.05) is 0 Å². The monoisotopic (exact) mass is 104 g/mol. The molecule has 0 aliphatic carbocycles. The van der Waals surface area contributed by atoms with E-state index in [1.54, 1.807) is 0 Å². The Morgan fingerprint density at radius 3 is 2.57 bits per heavy atom. The number of hydrazine groups is 2. The quantitative estimate of drug-likeness (QED) is 0.195. The lowest BCUT2D eigenvalue weighted by atomic mass is 10.4. The average molecular weight is 104 g/mol. The number of hydrogen-bond acceptors (Lipinski definition) is 4. The van der Waals surface area contributed by atoms with Crippen molar-refractivity contribution >= 4 is 0 Å². The van der Waals surface area contributed by atoms with Crippen molar-refractivity contribution in [3.8, 4) is 0 Å². The fourth-order valence-corrected chi connectivity index (χ4v) is 0.263. The van der Waals surface area contributed by atoms with Gasteiger partial charge in [-0.3, -0.25) is 5.84 Å². The first kappa shape index (κ1) is 6.84. The maximum atomic E-state index is 5.16. The molecule has 0 aromatic rings. The zero-order valence-corrected chi connectivity index (χ0v) is 4.28. The highest BCUT2D eigenvalue weighted by atomic mass is 15.5. The van der Waals surface area contributed by atoms with Crippen molar-refractivity contribution in [3.63, 3.8) is 0 Å². The van der Waals surface area contributed by atoms with E-state index in [4.69, 9.17) is 11.6 Å². The fraction of sp³-hybridized carbons (Fsp3) is 1.00. The van der Waals surface area contributed by atoms with Gasteiger partial charge in [-0.05, 0) is 13.0 Å². The van der Waals surface area contributed by atoms with Gasteiger partial charge in [-0.15, -0.1) is 0 Å². The normalized spacial score (nSPS) is 9.43. The summed E-state index contributed by atoms with van der Waals surface area (Å²) in [6.07, 6.45) is 0.949. The molecule has 0 rings (SSSR count). The van der Waals surface area contributed by atoms with Gasteiger partial charge in [-0.25, -0.2) is 5.43 Å². The fourth-order valence-electron chi connectivity index (χ4n) is 0.263. The summed E-state index contributed by atoms with van der Waals surface area (Å²) in [7, 11) is 0. The van der Waals surface area contributed by atoms with Crippen LogP contribution < -0.4 is 22.5 Å². The van der Waals surface area contributed by atoms with Crippen molar-refractivity contribution in [2.24, 2.45) is 11.6 Å². The molecule has 0 amide bonds. The molecule has 0 bridgehead atoms. The van der Waals surface area contributed by atoms with E-state index in [9.17, 15) is 0 Å². The van der Waals surface area contributed by atoms with E-state index in [-0.39, 0.29) is 0 Å². The highest BCUT2D eigenvalue weighted by Gasteiger charge is 1.76. The summed E-state index contributed by atoms with van der Waals surface area (Å²) < 4.78 is 0. The van der Waals surface area contributed by atoms with Gasteiger partial charge in [0.05, 0.1) is 0 Å². The van der Waals surface area contributed by atoms with E-state index in [0.29, 0.717) is 6.54 Å². The van der Waals surface area contributed by atoms with Crippen molar-refractivity contribution in [2.75, 3.05) is 13.1 Å². The second-order valence-corrected chi connectivity index (χ2v) is 1.21. The van der Waals surface area contributed by atoms with E-state index < -0.39 is 0 Å². The summed E-state index contributed by atoms with van der Waals surface area (Å²) in [6.45, 7) is 1.53. The summed E-state index contributed by atoms with van der Waals surface area (Å²) in [5.41, 5.74) is 10.2. The second kappa shape index (κ2) is 5.84. The van der Waals surface area contributed by atoms with Gasteiger partial charge in [-0.2, -0.15) is 5.53 Å². The molecule has 0 fully saturated rings. The Hall–Kier alpha value is -0.160. The summed E-state index contributed by atoms with van der Waals surface area (Å²) in [5.74, 6) is 4.87. The van der Waals surface area contributed by atoms with Crippen LogP contribution in [0.5, 0.6) is 0 Å². The van der Waals surface area contributed by atoms with Gasteiger partial charge in [-0.1, -0.05) is 0 Å². The molecule has 0 aliphatic heterocycles. The molecule has 44 valence electrons. The van der Waals surface area contributed by atoms with Crippen LogP contribution in [0, 0.1) is 0 Å². The Kier molecular flexibility index (Phi) is 5.71. The minimum absolute atomic E-state index is 0.703. The van der Waals surface area contributed by atoms with Crippen molar-refractivity contribution in [3.05, 3.63) is 0 Å². The van der Waals surface area contributed by atoms with Gasteiger partial charge in [0.25, 0.3) is 0 Å². The summed E-state index contributed by atoms with van der Waals surface area (Å²) >= 11 is 0. The second-order valence-electron chi connectivity index (χ2n) is 1.21. The van der Waals surface area contributed by atoms with Gasteiger partial charge in [0.1, 0.15) is 0 Å². The van der Waals surface area contributed by atoms with E-state index in [1.165, 1.54) is 0 Å². The minimum atomic E-state index is 0.703. The van der Waals surface area contributed by atoms with Crippen LogP contribution in [0.2, 0.25) is 0 Å². The molecule has 0 saturated heterocycles. The van der Waals surface area contributed by atoms with Crippen LogP contribution in [-0.2, 0) is 0 Å². The van der Waals surface area contributed by atoms with Crippen molar-refractivity contribution < 1.29 is 0 Å². The highest BCUT2D eigenvalue weighted by Crippen LogP contribution is 1.62. The van der Waals surface area contributed by atoms with Crippen molar-refractivity contribution in [1.29, 1.82) is 0 Å². The number of nitrogens with two attached hydrogens (primary N) is 2. The first-order valence-corrected chi connectivity index (χ1v) is 2.30. The number of nitrogens with one attached hydrogen (secondary N) is 2. The third kappa shape index (κ3) is 5.84. The molecule has 0 unspecified atom stereocenters. The smallest absolute Gasteiger partial charge is 0.0125 e. The van der Waals surface area contributed by atoms with Gasteiger partial charge in [0.15, 0.2) is 0 Å². The molecule has 0 saturated carbocycles. The van der Waals surface area contributed by atoms with E-state index in [2.05, 4.69) is 11.0 Å². The van der Waals surface area contributed by atoms with Crippen LogP contribution in [0.4, 0.5) is 0 Å². The van der Waals surface area contributed by atoms with Crippen LogP contribution >= 0.6 is 0 Å². The molecule has 0 aromatic heterocycles. The lowest BCUT2D eigenvalue weighted by Gasteiger charge is -1.96. The molecule has 4 nitrogen and oxygen atoms in total. The Balaban J connectivity index is 2.45. The molecular weight excluding hydrogens is 92.1 g/mol. The zero-order chi connectivity index (χ0) is 5.54. The predicted octanol–water partition coefficient (Wildman–Crippen LogP) is -1.70. The molecule has 0 aliphatic rings. The van der Waals surface area contributed by atoms with Crippen LogP contribution in [0.1, 0.15) is 6.42 Å². The van der Waals surface area contributed by atoms with Crippen LogP contribution in [0.3, 0.4) is 0 Å². The molecular formula is C3H12N4. The Labute approximate surface area is 43.2 Å². The van der Waals surface area contributed by atoms with Crippen molar-refractivity contribution in [2.45, 2.75) is 6.42 Å². The molecule has 0 aromatic carbocycles. The minimum Gasteiger partial charge on any atom is -0.330 e. The number of hydrogen-bond donors (Lipinski definition) is 4. The summed E-state index contributed by atoms with van der Waals surface area (Å²) in [5, 5.41) is 0. The lowest BCUT2D eigenvalue weighted by molar-refractivity contribution is 0.542. The molecule has 0 spiro atoms. The topological polar surface area (TPSA) is 76.1 Å². The third-order valence-electron chi connectivity index (χ3n) is 0.608. The standard InChI is InChI=1S/C3H12N4/c4-2-1-3-6-7-5/h6-7H,1-5H2. The third-order valence-corrected chi connectivity index (χ3v) is 0.608. The first-order valence-electron chi connectivity index (χ1n) is 2.30. The first-order chi connectivity index (χ1) is 3.41. The maximum Gasteiger partial charge on any atom is 0.0125 e. The largest absolute Gasteiger partial charge is 0.330 e. The zero-order valence-electron chi connectivity index (χ0n) is 4.28. The average Bonchev–Trinajstić information content (AvgIpc) is 1.69. The summed E-state index contributed by atoms with van der Waals surface area (Å²) in [4.78, 5) is 0. The Morgan fingerprint density at radius 1 is 1.43 bits per heavy atom. The van der Waals surface area contributed by atoms with Gasteiger partial charge in [0, 0.05) is 6.54 Å². The molecule has 4 heteroatoms. The Morgan fingerprint density at radius 2 is 2.14 bits per heavy atom. The van der Waals surface area contributed by atoms with Crippen LogP contribution in [0.15, 0.2) is 0 Å². The molecule has 7 heavy (non-hydrogen) atoms. The molecule has 6 N–H and O–H groups in total.